The lowest BCUT2D eigenvalue weighted by Crippen LogP contribution is -2.49. The summed E-state index contributed by atoms with van der Waals surface area (Å²) in [5.74, 6) is -0.405. The van der Waals surface area contributed by atoms with Crippen molar-refractivity contribution < 1.29 is 19.1 Å². The normalized spacial score (nSPS) is 20.8. The van der Waals surface area contributed by atoms with Gasteiger partial charge in [0.1, 0.15) is 0 Å². The topological polar surface area (TPSA) is 79.9 Å². The molecule has 146 valence electrons. The van der Waals surface area contributed by atoms with Crippen LogP contribution in [0.2, 0.25) is 0 Å². The molecule has 7 heteroatoms. The summed E-state index contributed by atoms with van der Waals surface area (Å²) in [6, 6.07) is 7.12. The number of rotatable bonds is 6. The third kappa shape index (κ3) is 4.67. The third-order valence-electron chi connectivity index (χ3n) is 4.86. The lowest BCUT2D eigenvalue weighted by Gasteiger charge is -2.33. The van der Waals surface area contributed by atoms with Gasteiger partial charge in [0.15, 0.2) is 0 Å². The second-order valence-electron chi connectivity index (χ2n) is 6.63. The highest BCUT2D eigenvalue weighted by Crippen LogP contribution is 2.28. The number of urea groups is 1. The first-order chi connectivity index (χ1) is 13.1. The van der Waals surface area contributed by atoms with Gasteiger partial charge < -0.3 is 20.1 Å². The third-order valence-corrected chi connectivity index (χ3v) is 4.86. The molecule has 1 aromatic rings. The highest BCUT2D eigenvalue weighted by molar-refractivity contribution is 5.95. The summed E-state index contributed by atoms with van der Waals surface area (Å²) >= 11 is 0. The van der Waals surface area contributed by atoms with Crippen LogP contribution in [0.4, 0.5) is 4.79 Å². The van der Waals surface area contributed by atoms with Crippen LogP contribution in [0, 0.1) is 0 Å². The van der Waals surface area contributed by atoms with E-state index in [4.69, 9.17) is 9.47 Å². The molecule has 27 heavy (non-hydrogen) atoms. The van der Waals surface area contributed by atoms with Crippen molar-refractivity contribution in [2.24, 2.45) is 0 Å². The number of carbonyl (C=O) groups excluding carboxylic acids is 2. The zero-order valence-electron chi connectivity index (χ0n) is 15.9. The fraction of sp³-hybridized carbons (Fsp3) is 0.500. The van der Waals surface area contributed by atoms with Gasteiger partial charge in [0.25, 0.3) is 0 Å². The van der Waals surface area contributed by atoms with Gasteiger partial charge in [-0.1, -0.05) is 31.2 Å². The summed E-state index contributed by atoms with van der Waals surface area (Å²) in [5.41, 5.74) is 3.13. The van der Waals surface area contributed by atoms with Gasteiger partial charge in [-0.3, -0.25) is 4.90 Å². The zero-order chi connectivity index (χ0) is 19.2. The molecule has 1 atom stereocenters. The molecule has 0 unspecified atom stereocenters. The number of benzene rings is 1. The molecule has 0 aromatic heterocycles. The van der Waals surface area contributed by atoms with Crippen LogP contribution >= 0.6 is 0 Å². The Labute approximate surface area is 159 Å². The Kier molecular flexibility index (Phi) is 6.47. The Balaban J connectivity index is 1.95. The van der Waals surface area contributed by atoms with E-state index >= 15 is 0 Å². The fourth-order valence-electron chi connectivity index (χ4n) is 3.37. The average Bonchev–Trinajstić information content (AvgIpc) is 2.68. The van der Waals surface area contributed by atoms with Crippen molar-refractivity contribution in [3.05, 3.63) is 46.7 Å². The molecular weight excluding hydrogens is 346 g/mol. The second kappa shape index (κ2) is 9.01. The van der Waals surface area contributed by atoms with Crippen molar-refractivity contribution in [3.8, 4) is 0 Å². The minimum absolute atomic E-state index is 0.280. The van der Waals surface area contributed by atoms with Gasteiger partial charge in [0.2, 0.25) is 0 Å². The lowest BCUT2D eigenvalue weighted by atomic mass is 9.94. The van der Waals surface area contributed by atoms with Crippen LogP contribution < -0.4 is 10.6 Å². The SMILES string of the molecule is CCOC(=O)C1=C(CN2CCOCC2)NC(=O)N[C@@H]1c1ccc(CC)cc1. The Morgan fingerprint density at radius 2 is 1.93 bits per heavy atom. The fourth-order valence-corrected chi connectivity index (χ4v) is 3.37. The number of esters is 1. The van der Waals surface area contributed by atoms with Crippen LogP contribution in [-0.2, 0) is 20.7 Å². The molecule has 2 heterocycles. The summed E-state index contributed by atoms with van der Waals surface area (Å²) in [7, 11) is 0. The number of hydrogen-bond donors (Lipinski definition) is 2. The van der Waals surface area contributed by atoms with Gasteiger partial charge in [-0.2, -0.15) is 0 Å². The van der Waals surface area contributed by atoms with Crippen LogP contribution in [0.1, 0.15) is 31.0 Å². The largest absolute Gasteiger partial charge is 0.463 e. The monoisotopic (exact) mass is 373 g/mol. The Bertz CT molecular complexity index is 708. The lowest BCUT2D eigenvalue weighted by molar-refractivity contribution is -0.139. The van der Waals surface area contributed by atoms with Crippen molar-refractivity contribution >= 4 is 12.0 Å². The molecule has 0 bridgehead atoms. The minimum Gasteiger partial charge on any atom is -0.463 e. The quantitative estimate of drug-likeness (QED) is 0.743. The molecule has 0 spiro atoms. The van der Waals surface area contributed by atoms with Gasteiger partial charge in [-0.25, -0.2) is 9.59 Å². The van der Waals surface area contributed by atoms with Gasteiger partial charge in [0, 0.05) is 25.3 Å². The molecule has 0 aliphatic carbocycles. The molecule has 0 radical (unpaired) electrons. The number of carbonyl (C=O) groups is 2. The number of amides is 2. The van der Waals surface area contributed by atoms with E-state index in [1.54, 1.807) is 6.92 Å². The summed E-state index contributed by atoms with van der Waals surface area (Å²) in [6.45, 7) is 7.45. The Morgan fingerprint density at radius 3 is 2.56 bits per heavy atom. The molecule has 0 saturated carbocycles. The highest BCUT2D eigenvalue weighted by Gasteiger charge is 2.34. The van der Waals surface area contributed by atoms with Gasteiger partial charge >= 0.3 is 12.0 Å². The first-order valence-corrected chi connectivity index (χ1v) is 9.49. The maximum atomic E-state index is 12.7. The zero-order valence-corrected chi connectivity index (χ0v) is 15.9. The molecule has 7 nitrogen and oxygen atoms in total. The molecule has 2 N–H and O–H groups in total. The van der Waals surface area contributed by atoms with Gasteiger partial charge in [0.05, 0.1) is 31.4 Å². The van der Waals surface area contributed by atoms with E-state index in [2.05, 4.69) is 22.5 Å². The maximum Gasteiger partial charge on any atom is 0.338 e. The van der Waals surface area contributed by atoms with Gasteiger partial charge in [-0.15, -0.1) is 0 Å². The summed E-state index contributed by atoms with van der Waals surface area (Å²) < 4.78 is 10.7. The number of hydrogen-bond acceptors (Lipinski definition) is 5. The van der Waals surface area contributed by atoms with Crippen LogP contribution in [0.15, 0.2) is 35.5 Å². The molecule has 2 aliphatic heterocycles. The van der Waals surface area contributed by atoms with E-state index in [0.717, 1.165) is 25.1 Å². The molecule has 2 aliphatic rings. The average molecular weight is 373 g/mol. The first-order valence-electron chi connectivity index (χ1n) is 9.49. The van der Waals surface area contributed by atoms with Crippen LogP contribution in [0.5, 0.6) is 0 Å². The molecule has 2 amide bonds. The van der Waals surface area contributed by atoms with E-state index in [0.29, 0.717) is 31.0 Å². The summed E-state index contributed by atoms with van der Waals surface area (Å²) in [5, 5.41) is 5.70. The van der Waals surface area contributed by atoms with Crippen molar-refractivity contribution in [2.75, 3.05) is 39.5 Å². The maximum absolute atomic E-state index is 12.7. The van der Waals surface area contributed by atoms with E-state index in [1.165, 1.54) is 5.56 Å². The standard InChI is InChI=1S/C20H27N3O4/c1-3-14-5-7-15(8-6-14)18-17(19(24)27-4-2)16(21-20(25)22-18)13-23-9-11-26-12-10-23/h5-8,18H,3-4,9-13H2,1-2H3,(H2,21,22,25)/t18-/m1/s1. The number of ether oxygens (including phenoxy) is 2. The predicted octanol–water partition coefficient (Wildman–Crippen LogP) is 1.75. The highest BCUT2D eigenvalue weighted by atomic mass is 16.5. The number of morpholine rings is 1. The molecule has 3 rings (SSSR count). The van der Waals surface area contributed by atoms with Crippen molar-refractivity contribution in [3.63, 3.8) is 0 Å². The van der Waals surface area contributed by atoms with E-state index in [-0.39, 0.29) is 12.6 Å². The number of aryl methyl sites for hydroxylation is 1. The number of nitrogens with one attached hydrogen (secondary N) is 2. The van der Waals surface area contributed by atoms with E-state index < -0.39 is 12.0 Å². The smallest absolute Gasteiger partial charge is 0.338 e. The molecule has 1 saturated heterocycles. The van der Waals surface area contributed by atoms with Crippen molar-refractivity contribution in [2.45, 2.75) is 26.3 Å². The summed E-state index contributed by atoms with van der Waals surface area (Å²) in [4.78, 5) is 27.2. The van der Waals surface area contributed by atoms with E-state index in [9.17, 15) is 9.59 Å². The van der Waals surface area contributed by atoms with Crippen LogP contribution in [0.3, 0.4) is 0 Å². The van der Waals surface area contributed by atoms with Crippen LogP contribution in [0.25, 0.3) is 0 Å². The first kappa shape index (κ1) is 19.4. The second-order valence-corrected chi connectivity index (χ2v) is 6.63. The van der Waals surface area contributed by atoms with Crippen molar-refractivity contribution in [1.82, 2.24) is 15.5 Å². The van der Waals surface area contributed by atoms with Crippen LogP contribution in [-0.4, -0.2) is 56.4 Å². The molecular formula is C20H27N3O4. The Hall–Kier alpha value is -2.38. The Morgan fingerprint density at radius 1 is 1.22 bits per heavy atom. The van der Waals surface area contributed by atoms with Crippen molar-refractivity contribution in [1.29, 1.82) is 0 Å². The molecule has 1 aromatic carbocycles. The number of nitrogens with zero attached hydrogens (tertiary/aromatic N) is 1. The predicted molar refractivity (Wildman–Crippen MR) is 101 cm³/mol. The van der Waals surface area contributed by atoms with E-state index in [1.807, 2.05) is 24.3 Å². The molecule has 1 fully saturated rings. The summed E-state index contributed by atoms with van der Waals surface area (Å²) in [6.07, 6.45) is 0.932. The minimum atomic E-state index is -0.528. The van der Waals surface area contributed by atoms with Gasteiger partial charge in [-0.05, 0) is 24.5 Å².